The normalized spacial score (nSPS) is 15.9. The van der Waals surface area contributed by atoms with Crippen LogP contribution in [0.1, 0.15) is 38.7 Å². The van der Waals surface area contributed by atoms with E-state index in [4.69, 9.17) is 18.1 Å². The lowest BCUT2D eigenvalue weighted by atomic mass is 9.82. The number of furan rings is 1. The van der Waals surface area contributed by atoms with Gasteiger partial charge in [0.1, 0.15) is 5.58 Å². The molecule has 0 fully saturated rings. The first-order valence-corrected chi connectivity index (χ1v) is 17.2. The quantitative estimate of drug-likeness (QED) is 0.184. The van der Waals surface area contributed by atoms with Gasteiger partial charge in [-0.2, -0.15) is 0 Å². The number of hydrogen-bond donors (Lipinski definition) is 0. The maximum Gasteiger partial charge on any atom is 0.164 e. The molecule has 0 unspecified atom stereocenters. The molecule has 0 spiro atoms. The van der Waals surface area contributed by atoms with Gasteiger partial charge in [0.2, 0.25) is 0 Å². The summed E-state index contributed by atoms with van der Waals surface area (Å²) in [6.07, 6.45) is 0. The van der Waals surface area contributed by atoms with Crippen LogP contribution in [0.15, 0.2) is 162 Å². The van der Waals surface area contributed by atoms with Gasteiger partial charge in [-0.3, -0.25) is 0 Å². The molecule has 11 rings (SSSR count). The topological polar surface area (TPSA) is 56.7 Å². The molecule has 1 aliphatic rings. The van der Waals surface area contributed by atoms with Gasteiger partial charge in [-0.1, -0.05) is 135 Å². The summed E-state index contributed by atoms with van der Waals surface area (Å²) < 4.78 is 93.4. The van der Waals surface area contributed by atoms with E-state index in [0.717, 1.165) is 38.3 Å². The molecule has 7 aromatic carbocycles. The van der Waals surface area contributed by atoms with Crippen LogP contribution in [0, 0.1) is 0 Å². The average molecular weight is 691 g/mol. The molecule has 10 aromatic rings. The summed E-state index contributed by atoms with van der Waals surface area (Å²) in [6.45, 7) is 4.53. The maximum absolute atomic E-state index is 8.69. The van der Waals surface area contributed by atoms with E-state index in [9.17, 15) is 0 Å². The number of fused-ring (bicyclic) bond motifs is 9. The lowest BCUT2D eigenvalue weighted by Crippen LogP contribution is -2.14. The molecule has 53 heavy (non-hydrogen) atoms. The molecule has 0 aliphatic heterocycles. The highest BCUT2D eigenvalue weighted by Gasteiger charge is 2.36. The molecule has 0 saturated carbocycles. The van der Waals surface area contributed by atoms with Crippen molar-refractivity contribution in [2.45, 2.75) is 19.3 Å². The molecule has 0 N–H and O–H groups in total. The van der Waals surface area contributed by atoms with Crippen LogP contribution in [0.2, 0.25) is 0 Å². The Morgan fingerprint density at radius 3 is 1.94 bits per heavy atom. The molecular formula is C48H32N4O. The largest absolute Gasteiger partial charge is 0.454 e. The standard InChI is InChI=1S/C48H32N4O/c1-48(2)38-21-11-9-18-32(38)36-27-37-33-19-10-12-22-40(33)52(42(37)28-39(36)48)41-23-13-20-35-34-25-24-31(26-43(34)53-44(35)41)47-50-45(29-14-5-3-6-15-29)49-46(51-47)30-16-7-4-8-17-30/h3-28H,1-2H3/i3D,4D,5D,6D,7D,8D,14D,15D,16D,17D. The molecular weight excluding hydrogens is 649 g/mol. The number of benzene rings is 7. The van der Waals surface area contributed by atoms with Gasteiger partial charge < -0.3 is 8.98 Å². The van der Waals surface area contributed by atoms with Gasteiger partial charge in [-0.25, -0.2) is 15.0 Å². The second kappa shape index (κ2) is 11.1. The fourth-order valence-electron chi connectivity index (χ4n) is 7.97. The van der Waals surface area contributed by atoms with Gasteiger partial charge in [-0.05, 0) is 58.7 Å². The van der Waals surface area contributed by atoms with E-state index in [-0.39, 0.29) is 34.0 Å². The third-order valence-corrected chi connectivity index (χ3v) is 10.4. The van der Waals surface area contributed by atoms with Gasteiger partial charge in [-0.15, -0.1) is 0 Å². The van der Waals surface area contributed by atoms with Crippen LogP contribution in [0.5, 0.6) is 0 Å². The zero-order valence-electron chi connectivity index (χ0n) is 38.4. The van der Waals surface area contributed by atoms with Gasteiger partial charge in [0.15, 0.2) is 23.1 Å². The molecule has 5 nitrogen and oxygen atoms in total. The first kappa shape index (κ1) is 21.5. The lowest BCUT2D eigenvalue weighted by Gasteiger charge is -2.21. The molecule has 0 amide bonds. The Balaban J connectivity index is 1.13. The van der Waals surface area contributed by atoms with E-state index < -0.39 is 60.4 Å². The summed E-state index contributed by atoms with van der Waals surface area (Å²) >= 11 is 0. The zero-order chi connectivity index (χ0) is 44.0. The Hall–Kier alpha value is -6.85. The molecule has 250 valence electrons. The van der Waals surface area contributed by atoms with Crippen molar-refractivity contribution in [2.24, 2.45) is 0 Å². The minimum absolute atomic E-state index is 0.0453. The molecule has 1 aliphatic carbocycles. The van der Waals surface area contributed by atoms with Crippen molar-refractivity contribution in [3.63, 3.8) is 0 Å². The monoisotopic (exact) mass is 690 g/mol. The van der Waals surface area contributed by atoms with Crippen LogP contribution in [0.3, 0.4) is 0 Å². The van der Waals surface area contributed by atoms with Crippen LogP contribution in [0.25, 0.3) is 94.7 Å². The zero-order valence-corrected chi connectivity index (χ0v) is 28.4. The minimum atomic E-state index is -0.613. The van der Waals surface area contributed by atoms with Gasteiger partial charge in [0, 0.05) is 43.7 Å². The fourth-order valence-corrected chi connectivity index (χ4v) is 7.97. The van der Waals surface area contributed by atoms with E-state index >= 15 is 0 Å². The summed E-state index contributed by atoms with van der Waals surface area (Å²) in [6, 6.07) is 26.9. The maximum atomic E-state index is 8.69. The minimum Gasteiger partial charge on any atom is -0.454 e. The van der Waals surface area contributed by atoms with E-state index in [1.807, 2.05) is 36.4 Å². The molecule has 0 bridgehead atoms. The Morgan fingerprint density at radius 1 is 0.528 bits per heavy atom. The number of aromatic nitrogens is 4. The molecule has 0 atom stereocenters. The van der Waals surface area contributed by atoms with Crippen LogP contribution in [0.4, 0.5) is 0 Å². The second-order valence-corrected chi connectivity index (χ2v) is 13.7. The van der Waals surface area contributed by atoms with Gasteiger partial charge >= 0.3 is 0 Å². The summed E-state index contributed by atoms with van der Waals surface area (Å²) in [5.41, 5.74) is 8.47. The van der Waals surface area contributed by atoms with Crippen molar-refractivity contribution in [2.75, 3.05) is 0 Å². The van der Waals surface area contributed by atoms with Crippen LogP contribution in [-0.2, 0) is 5.41 Å². The smallest absolute Gasteiger partial charge is 0.164 e. The van der Waals surface area contributed by atoms with Crippen molar-refractivity contribution in [3.05, 3.63) is 169 Å². The van der Waals surface area contributed by atoms with E-state index in [1.54, 1.807) is 12.1 Å². The fraction of sp³-hybridized carbons (Fsp3) is 0.0625. The number of rotatable bonds is 4. The Morgan fingerprint density at radius 2 is 1.19 bits per heavy atom. The van der Waals surface area contributed by atoms with Crippen molar-refractivity contribution >= 4 is 43.7 Å². The molecule has 0 saturated heterocycles. The van der Waals surface area contributed by atoms with Crippen molar-refractivity contribution in [3.8, 4) is 51.0 Å². The average Bonchev–Trinajstić information content (AvgIpc) is 3.90. The van der Waals surface area contributed by atoms with E-state index in [2.05, 4.69) is 81.9 Å². The third kappa shape index (κ3) is 4.40. The Bertz CT molecular complexity index is 3540. The predicted octanol–water partition coefficient (Wildman–Crippen LogP) is 12.2. The van der Waals surface area contributed by atoms with Gasteiger partial charge in [0.05, 0.1) is 30.4 Å². The highest BCUT2D eigenvalue weighted by molar-refractivity contribution is 6.14. The summed E-state index contributed by atoms with van der Waals surface area (Å²) in [4.78, 5) is 13.6. The number of hydrogen-bond acceptors (Lipinski definition) is 4. The predicted molar refractivity (Wildman–Crippen MR) is 215 cm³/mol. The first-order chi connectivity index (χ1) is 30.2. The van der Waals surface area contributed by atoms with Crippen LogP contribution < -0.4 is 0 Å². The van der Waals surface area contributed by atoms with Crippen LogP contribution >= 0.6 is 0 Å². The Labute approximate surface area is 319 Å². The SMILES string of the molecule is [2H]c1c([2H])c([2H])c(-c2nc(-c3ccc4c(c3)oc3c(-n5c6ccccc6c6cc7c(cc65)C(C)(C)c5ccccc5-7)cccc34)nc(-c3c([2H])c([2H])c([2H])c([2H])c3[2H])n2)c([2H])c1[2H]. The summed E-state index contributed by atoms with van der Waals surface area (Å²) in [5.74, 6) is -0.721. The van der Waals surface area contributed by atoms with Crippen molar-refractivity contribution in [1.82, 2.24) is 19.5 Å². The molecule has 0 radical (unpaired) electrons. The molecule has 3 heterocycles. The molecule has 3 aromatic heterocycles. The number of para-hydroxylation sites is 2. The highest BCUT2D eigenvalue weighted by Crippen LogP contribution is 2.51. The number of nitrogens with zero attached hydrogens (tertiary/aromatic N) is 4. The summed E-state index contributed by atoms with van der Waals surface area (Å²) in [7, 11) is 0. The summed E-state index contributed by atoms with van der Waals surface area (Å²) in [5, 5.41) is 3.86. The lowest BCUT2D eigenvalue weighted by molar-refractivity contribution is 0.660. The van der Waals surface area contributed by atoms with E-state index in [0.29, 0.717) is 16.7 Å². The van der Waals surface area contributed by atoms with E-state index in [1.165, 1.54) is 22.3 Å². The second-order valence-electron chi connectivity index (χ2n) is 13.7. The first-order valence-electron chi connectivity index (χ1n) is 22.2. The molecule has 5 heteroatoms. The van der Waals surface area contributed by atoms with Gasteiger partial charge in [0.25, 0.3) is 0 Å². The van der Waals surface area contributed by atoms with Crippen molar-refractivity contribution in [1.29, 1.82) is 0 Å². The van der Waals surface area contributed by atoms with Crippen LogP contribution in [-0.4, -0.2) is 19.5 Å². The highest BCUT2D eigenvalue weighted by atomic mass is 16.3. The third-order valence-electron chi connectivity index (χ3n) is 10.4. The van der Waals surface area contributed by atoms with Crippen molar-refractivity contribution < 1.29 is 18.1 Å². The Kier molecular flexibility index (Phi) is 4.49.